The zero-order chi connectivity index (χ0) is 57.4. The molecule has 4 aromatic carbocycles. The first-order chi connectivity index (χ1) is 39.4. The Morgan fingerprint density at radius 1 is 0.358 bits per heavy atom. The van der Waals surface area contributed by atoms with E-state index in [1.54, 1.807) is 4.70 Å². The van der Waals surface area contributed by atoms with Gasteiger partial charge in [-0.3, -0.25) is 0 Å². The van der Waals surface area contributed by atoms with Gasteiger partial charge in [0.05, 0.1) is 18.8 Å². The SMILES string of the molecule is CCCCCCCCCCCCCCCCCCCCCCCCCCC=CC1=C(c2cc(CCCC)cc(CCCCC)c2)[N+](=[N-])C(c2cc(CCCC)cc(CCCCC)c2)=C1.OCc1ccccc1.OCc1ccccc1.[Ni]. The van der Waals surface area contributed by atoms with Crippen LogP contribution in [0.5, 0.6) is 0 Å². The third-order valence-electron chi connectivity index (χ3n) is 16.0. The smallest absolute Gasteiger partial charge is 0.214 e. The summed E-state index contributed by atoms with van der Waals surface area (Å²) in [5.74, 6) is 0. The predicted octanol–water partition coefficient (Wildman–Crippen LogP) is 23.3. The van der Waals surface area contributed by atoms with Crippen LogP contribution in [0.2, 0.25) is 0 Å². The van der Waals surface area contributed by atoms with Gasteiger partial charge in [-0.1, -0.05) is 306 Å². The molecule has 0 spiro atoms. The van der Waals surface area contributed by atoms with Crippen LogP contribution < -0.4 is 0 Å². The number of allylic oxidation sites excluding steroid dienone is 4. The van der Waals surface area contributed by atoms with E-state index in [0.717, 1.165) is 71.3 Å². The van der Waals surface area contributed by atoms with Gasteiger partial charge in [0.15, 0.2) is 0 Å². The summed E-state index contributed by atoms with van der Waals surface area (Å²) >= 11 is 0. The van der Waals surface area contributed by atoms with Gasteiger partial charge in [-0.05, 0) is 122 Å². The largest absolute Gasteiger partial charge is 0.493 e. The Morgan fingerprint density at radius 3 is 1.00 bits per heavy atom. The summed E-state index contributed by atoms with van der Waals surface area (Å²) in [7, 11) is 0. The number of hydrogen-bond donors (Lipinski definition) is 2. The van der Waals surface area contributed by atoms with Crippen molar-refractivity contribution in [2.45, 2.75) is 298 Å². The number of rotatable bonds is 44. The fourth-order valence-electron chi connectivity index (χ4n) is 11.0. The predicted molar refractivity (Wildman–Crippen MR) is 350 cm³/mol. The second kappa shape index (κ2) is 50.6. The Labute approximate surface area is 509 Å². The summed E-state index contributed by atoms with van der Waals surface area (Å²) in [5.41, 5.74) is 25.1. The fraction of sp³-hybridized carbons (Fsp3) is 0.605. The molecule has 454 valence electrons. The summed E-state index contributed by atoms with van der Waals surface area (Å²) < 4.78 is 1.55. The number of aliphatic hydroxyl groups excluding tert-OH is 2. The molecule has 5 heteroatoms. The van der Waals surface area contributed by atoms with Gasteiger partial charge in [0.1, 0.15) is 0 Å². The van der Waals surface area contributed by atoms with Crippen molar-refractivity contribution in [2.24, 2.45) is 0 Å². The number of unbranched alkanes of at least 4 members (excludes halogenated alkanes) is 30. The molecule has 2 N–H and O–H groups in total. The average Bonchev–Trinajstić information content (AvgIpc) is 3.85. The fourth-order valence-corrected chi connectivity index (χ4v) is 11.0. The van der Waals surface area contributed by atoms with Gasteiger partial charge in [-0.15, -0.1) is 0 Å². The number of aliphatic hydroxyl groups is 2. The first kappa shape index (κ1) is 73.2. The standard InChI is InChI=1S/C62H102N2.2C7H8O.Ni/c1-6-11-16-17-18-19-20-21-22-23-24-25-26-27-28-29-30-31-32-33-34-35-36-37-38-41-46-58-53-61(59-49-54(42-14-9-4)47-56(50-59)44-39-12-7-2)64(63)62(58)60-51-55(43-15-10-5)48-57(52-60)45-40-13-8-3;2*8-6-7-4-2-1-3-5-7;/h41,46-53H,6-40,42-45H2,1-5H3;2*1-5,8H,6H2;. The molecule has 1 aliphatic rings. The van der Waals surface area contributed by atoms with E-state index >= 15 is 0 Å². The maximum Gasteiger partial charge on any atom is 0.214 e. The third kappa shape index (κ3) is 34.5. The van der Waals surface area contributed by atoms with Gasteiger partial charge in [-0.2, -0.15) is 0 Å². The monoisotopic (exact) mass is 1150 g/mol. The van der Waals surface area contributed by atoms with Crippen molar-refractivity contribution in [3.63, 3.8) is 0 Å². The molecular weight excluding hydrogens is 1030 g/mol. The van der Waals surface area contributed by atoms with Crippen LogP contribution in [0.1, 0.15) is 304 Å². The van der Waals surface area contributed by atoms with Crippen molar-refractivity contribution < 1.29 is 31.4 Å². The number of hydrogen-bond acceptors (Lipinski definition) is 2. The molecule has 81 heavy (non-hydrogen) atoms. The zero-order valence-corrected chi connectivity index (χ0v) is 53.6. The van der Waals surface area contributed by atoms with Gasteiger partial charge in [0.2, 0.25) is 11.4 Å². The molecule has 4 nitrogen and oxygen atoms in total. The summed E-state index contributed by atoms with van der Waals surface area (Å²) in [6.45, 7) is 11.7. The van der Waals surface area contributed by atoms with Crippen LogP contribution in [0, 0.1) is 0 Å². The second-order valence-electron chi connectivity index (χ2n) is 23.5. The topological polar surface area (TPSA) is 65.8 Å². The molecule has 0 aliphatic carbocycles. The Bertz CT molecular complexity index is 2190. The minimum atomic E-state index is 0. The van der Waals surface area contributed by atoms with Crippen LogP contribution in [-0.4, -0.2) is 14.9 Å². The van der Waals surface area contributed by atoms with Crippen LogP contribution in [0.4, 0.5) is 0 Å². The van der Waals surface area contributed by atoms with Crippen molar-refractivity contribution >= 4 is 11.4 Å². The van der Waals surface area contributed by atoms with E-state index in [1.807, 2.05) is 60.7 Å². The molecule has 0 atom stereocenters. The third-order valence-corrected chi connectivity index (χ3v) is 16.0. The van der Waals surface area contributed by atoms with Crippen molar-refractivity contribution in [3.8, 4) is 0 Å². The van der Waals surface area contributed by atoms with Crippen LogP contribution in [-0.2, 0) is 55.4 Å². The van der Waals surface area contributed by atoms with E-state index in [0.29, 0.717) is 0 Å². The van der Waals surface area contributed by atoms with Gasteiger partial charge < -0.3 is 15.7 Å². The molecule has 0 amide bonds. The molecule has 1 heterocycles. The Kier molecular flexibility index (Phi) is 45.7. The molecule has 5 rings (SSSR count). The Balaban J connectivity index is 0.00000112. The summed E-state index contributed by atoms with van der Waals surface area (Å²) in [4.78, 5) is 0. The van der Waals surface area contributed by atoms with Gasteiger partial charge in [0.25, 0.3) is 0 Å². The number of nitrogens with zero attached hydrogens (tertiary/aromatic N) is 2. The summed E-state index contributed by atoms with van der Waals surface area (Å²) in [5, 5.41) is 17.1. The van der Waals surface area contributed by atoms with E-state index in [1.165, 1.54) is 241 Å². The van der Waals surface area contributed by atoms with Gasteiger partial charge in [0, 0.05) is 33.7 Å². The summed E-state index contributed by atoms with van der Waals surface area (Å²) in [6.07, 6.45) is 59.0. The van der Waals surface area contributed by atoms with Crippen molar-refractivity contribution in [2.75, 3.05) is 0 Å². The Hall–Kier alpha value is -3.89. The average molecular weight is 1150 g/mol. The molecular formula is C76H118N2NiO2. The number of benzene rings is 4. The number of aryl methyl sites for hydroxylation is 4. The van der Waals surface area contributed by atoms with Crippen LogP contribution >= 0.6 is 0 Å². The van der Waals surface area contributed by atoms with Crippen molar-refractivity contribution in [1.82, 2.24) is 0 Å². The molecule has 1 aliphatic heterocycles. The minimum Gasteiger partial charge on any atom is -0.493 e. The molecule has 0 bridgehead atoms. The van der Waals surface area contributed by atoms with E-state index in [9.17, 15) is 5.53 Å². The van der Waals surface area contributed by atoms with Crippen LogP contribution in [0.25, 0.3) is 16.9 Å². The zero-order valence-electron chi connectivity index (χ0n) is 52.6. The van der Waals surface area contributed by atoms with Gasteiger partial charge in [-0.25, -0.2) is 4.70 Å². The molecule has 4 aromatic rings. The second-order valence-corrected chi connectivity index (χ2v) is 23.5. The summed E-state index contributed by atoms with van der Waals surface area (Å²) in [6, 6.07) is 33.4. The van der Waals surface area contributed by atoms with Crippen molar-refractivity contribution in [1.29, 1.82) is 0 Å². The minimum absolute atomic E-state index is 0. The molecule has 0 saturated carbocycles. The molecule has 0 saturated heterocycles. The van der Waals surface area contributed by atoms with E-state index in [2.05, 4.69) is 89.2 Å². The first-order valence-corrected chi connectivity index (χ1v) is 33.6. The van der Waals surface area contributed by atoms with E-state index < -0.39 is 0 Å². The van der Waals surface area contributed by atoms with E-state index in [4.69, 9.17) is 10.2 Å². The Morgan fingerprint density at radius 2 is 0.667 bits per heavy atom. The quantitative estimate of drug-likeness (QED) is 0.0263. The molecule has 0 unspecified atom stereocenters. The molecule has 0 aromatic heterocycles. The normalized spacial score (nSPS) is 12.1. The van der Waals surface area contributed by atoms with Gasteiger partial charge >= 0.3 is 0 Å². The maximum atomic E-state index is 12.2. The van der Waals surface area contributed by atoms with Crippen LogP contribution in [0.3, 0.4) is 0 Å². The molecule has 0 fully saturated rings. The van der Waals surface area contributed by atoms with Crippen molar-refractivity contribution in [3.05, 3.63) is 171 Å². The molecule has 0 radical (unpaired) electrons. The maximum absolute atomic E-state index is 12.2. The van der Waals surface area contributed by atoms with E-state index in [-0.39, 0.29) is 29.7 Å². The van der Waals surface area contributed by atoms with Crippen LogP contribution in [0.15, 0.2) is 121 Å². The first-order valence-electron chi connectivity index (χ1n) is 33.6.